The second-order valence-electron chi connectivity index (χ2n) is 11.1. The Balaban J connectivity index is 1.42. The predicted molar refractivity (Wildman–Crippen MR) is 155 cm³/mol. The first-order valence-corrected chi connectivity index (χ1v) is 14.9. The normalized spacial score (nSPS) is 22.4. The van der Waals surface area contributed by atoms with Crippen molar-refractivity contribution in [1.29, 1.82) is 0 Å². The number of ether oxygens (including phenoxy) is 1. The topological polar surface area (TPSA) is 78.2 Å². The second kappa shape index (κ2) is 9.61. The Hall–Kier alpha value is -4.29. The maximum absolute atomic E-state index is 16.1. The molecule has 2 aromatic heterocycles. The van der Waals surface area contributed by atoms with Gasteiger partial charge in [0.1, 0.15) is 12.3 Å². The molecule has 1 amide bonds. The summed E-state index contributed by atoms with van der Waals surface area (Å²) in [5.74, 6) is -3.23. The van der Waals surface area contributed by atoms with E-state index in [1.54, 1.807) is 16.0 Å². The number of carbonyl (C=O) groups excluding carboxylic acids is 1. The molecule has 0 unspecified atom stereocenters. The van der Waals surface area contributed by atoms with Crippen LogP contribution in [0.5, 0.6) is 5.75 Å². The van der Waals surface area contributed by atoms with Gasteiger partial charge in [-0.3, -0.25) is 19.3 Å². The van der Waals surface area contributed by atoms with Gasteiger partial charge < -0.3 is 19.6 Å². The third-order valence-corrected chi connectivity index (χ3v) is 10.0. The first-order chi connectivity index (χ1) is 20.8. The van der Waals surface area contributed by atoms with E-state index in [2.05, 4.69) is 0 Å². The fourth-order valence-electron chi connectivity index (χ4n) is 6.83. The quantitative estimate of drug-likeness (QED) is 0.359. The minimum Gasteiger partial charge on any atom is -0.502 e. The van der Waals surface area contributed by atoms with Crippen molar-refractivity contribution >= 4 is 22.2 Å². The van der Waals surface area contributed by atoms with E-state index >= 15 is 8.78 Å². The molecular formula is C31H25F3N4O4S. The zero-order valence-electron chi connectivity index (χ0n) is 22.7. The molecule has 0 bridgehead atoms. The summed E-state index contributed by atoms with van der Waals surface area (Å²) in [4.78, 5) is 30.3. The Morgan fingerprint density at radius 1 is 1.00 bits per heavy atom. The Kier molecular flexibility index (Phi) is 5.89. The van der Waals surface area contributed by atoms with E-state index in [0.29, 0.717) is 29.0 Å². The smallest absolute Gasteiger partial charge is 0.278 e. The van der Waals surface area contributed by atoms with Gasteiger partial charge in [0.15, 0.2) is 23.1 Å². The molecule has 8 rings (SSSR count). The van der Waals surface area contributed by atoms with Crippen molar-refractivity contribution in [3.05, 3.63) is 93.4 Å². The molecule has 3 aliphatic heterocycles. The van der Waals surface area contributed by atoms with E-state index in [4.69, 9.17) is 4.74 Å². The summed E-state index contributed by atoms with van der Waals surface area (Å²) in [5.41, 5.74) is 1.62. The first-order valence-electron chi connectivity index (χ1n) is 14.1. The fraction of sp³-hybridized carbons (Fsp3) is 0.290. The van der Waals surface area contributed by atoms with Crippen molar-refractivity contribution in [2.45, 2.75) is 24.8 Å². The molecule has 0 spiro atoms. The largest absolute Gasteiger partial charge is 0.502 e. The number of aromatic nitrogens is 1. The first kappa shape index (κ1) is 26.3. The van der Waals surface area contributed by atoms with Gasteiger partial charge in [-0.25, -0.2) is 13.2 Å². The van der Waals surface area contributed by atoms with Crippen molar-refractivity contribution in [2.24, 2.45) is 0 Å². The molecule has 43 heavy (non-hydrogen) atoms. The number of thiophene rings is 1. The summed E-state index contributed by atoms with van der Waals surface area (Å²) >= 11 is 1.40. The van der Waals surface area contributed by atoms with Gasteiger partial charge in [-0.2, -0.15) is 0 Å². The van der Waals surface area contributed by atoms with E-state index in [1.165, 1.54) is 28.3 Å². The summed E-state index contributed by atoms with van der Waals surface area (Å²) in [5, 5.41) is 13.4. The second-order valence-corrected chi connectivity index (χ2v) is 12.2. The van der Waals surface area contributed by atoms with Crippen LogP contribution in [-0.4, -0.2) is 65.8 Å². The molecule has 8 nitrogen and oxygen atoms in total. The van der Waals surface area contributed by atoms with Crippen LogP contribution in [0.3, 0.4) is 0 Å². The van der Waals surface area contributed by atoms with E-state index in [1.807, 2.05) is 35.2 Å². The standard InChI is InChI=1S/C31H25F3N4O4S/c32-16-7-9-35(14-16)24-13-20-25-19(5-6-21(33)26(25)34)27(17-3-1-2-4-18(17)30(20)43-24)38-23-15-42-12-11-36(23)31(41)28-29(40)22(39)8-10-37(28)38/h1-6,8,10,13,16,23,27,40H,7,9,11-12,14-15H2/t16-,23-,27-/m1/s1. The lowest BCUT2D eigenvalue weighted by atomic mass is 9.91. The van der Waals surface area contributed by atoms with E-state index in [9.17, 15) is 19.1 Å². The maximum atomic E-state index is 16.1. The van der Waals surface area contributed by atoms with E-state index in [0.717, 1.165) is 22.2 Å². The summed E-state index contributed by atoms with van der Waals surface area (Å²) in [6.45, 7) is 1.36. The van der Waals surface area contributed by atoms with Crippen LogP contribution >= 0.6 is 11.3 Å². The SMILES string of the molecule is O=C1c2c(O)c(=O)ccn2N([C@@H]2c3ccccc3-c3sc(N4CC[C@@H](F)C4)cc3-c3c2ccc(F)c3F)[C@@H]2COCCN12. The molecule has 220 valence electrons. The van der Waals surface area contributed by atoms with Crippen molar-refractivity contribution in [2.75, 3.05) is 42.8 Å². The maximum Gasteiger partial charge on any atom is 0.278 e. The average Bonchev–Trinajstić information content (AvgIpc) is 3.62. The number of nitrogens with zero attached hydrogens (tertiary/aromatic N) is 4. The van der Waals surface area contributed by atoms with Gasteiger partial charge in [0, 0.05) is 47.9 Å². The third-order valence-electron chi connectivity index (χ3n) is 8.79. The van der Waals surface area contributed by atoms with E-state index in [-0.39, 0.29) is 37.6 Å². The number of benzene rings is 2. The van der Waals surface area contributed by atoms with Crippen LogP contribution in [0.1, 0.15) is 34.1 Å². The summed E-state index contributed by atoms with van der Waals surface area (Å²) in [7, 11) is 0. The zero-order valence-corrected chi connectivity index (χ0v) is 23.5. The number of fused-ring (bicyclic) bond motifs is 7. The molecule has 2 saturated heterocycles. The Morgan fingerprint density at radius 2 is 1.84 bits per heavy atom. The van der Waals surface area contributed by atoms with Gasteiger partial charge >= 0.3 is 0 Å². The van der Waals surface area contributed by atoms with Crippen LogP contribution in [0.25, 0.3) is 21.6 Å². The molecule has 1 aliphatic carbocycles. The molecule has 4 aromatic rings. The van der Waals surface area contributed by atoms with Gasteiger partial charge in [0.2, 0.25) is 5.43 Å². The highest BCUT2D eigenvalue weighted by Gasteiger charge is 2.47. The van der Waals surface area contributed by atoms with Crippen LogP contribution in [0.2, 0.25) is 0 Å². The fourth-order valence-corrected chi connectivity index (χ4v) is 8.08. The molecule has 2 fully saturated rings. The molecule has 3 atom stereocenters. The molecule has 5 heterocycles. The van der Waals surface area contributed by atoms with Crippen LogP contribution in [0.4, 0.5) is 18.2 Å². The number of halogens is 3. The van der Waals surface area contributed by atoms with Crippen molar-refractivity contribution in [3.8, 4) is 27.3 Å². The Labute approximate surface area is 247 Å². The van der Waals surface area contributed by atoms with Crippen molar-refractivity contribution in [1.82, 2.24) is 9.58 Å². The highest BCUT2D eigenvalue weighted by Crippen LogP contribution is 2.53. The molecular weight excluding hydrogens is 581 g/mol. The van der Waals surface area contributed by atoms with Crippen LogP contribution in [0, 0.1) is 11.6 Å². The highest BCUT2D eigenvalue weighted by atomic mass is 32.1. The number of alkyl halides is 1. The lowest BCUT2D eigenvalue weighted by Gasteiger charge is -2.51. The average molecular weight is 607 g/mol. The minimum absolute atomic E-state index is 0.0710. The minimum atomic E-state index is -1.02. The number of anilines is 1. The van der Waals surface area contributed by atoms with Crippen molar-refractivity contribution < 1.29 is 27.8 Å². The number of amides is 1. The molecule has 1 N–H and O–H groups in total. The summed E-state index contributed by atoms with van der Waals surface area (Å²) < 4.78 is 52.6. The molecule has 0 saturated carbocycles. The number of pyridine rings is 1. The Morgan fingerprint density at radius 3 is 2.65 bits per heavy atom. The third kappa shape index (κ3) is 3.79. The van der Waals surface area contributed by atoms with Crippen LogP contribution in [0.15, 0.2) is 59.5 Å². The van der Waals surface area contributed by atoms with Crippen LogP contribution in [-0.2, 0) is 4.74 Å². The summed E-state index contributed by atoms with van der Waals surface area (Å²) in [6.07, 6.45) is 0.185. The van der Waals surface area contributed by atoms with Crippen LogP contribution < -0.4 is 15.3 Å². The number of hydrogen-bond acceptors (Lipinski definition) is 7. The van der Waals surface area contributed by atoms with Gasteiger partial charge in [-0.05, 0) is 35.2 Å². The number of rotatable bonds is 2. The van der Waals surface area contributed by atoms with Gasteiger partial charge in [0.05, 0.1) is 24.3 Å². The van der Waals surface area contributed by atoms with Gasteiger partial charge in [-0.15, -0.1) is 11.3 Å². The van der Waals surface area contributed by atoms with Gasteiger partial charge in [-0.1, -0.05) is 30.3 Å². The molecule has 2 aromatic carbocycles. The molecule has 12 heteroatoms. The monoisotopic (exact) mass is 606 g/mol. The zero-order chi connectivity index (χ0) is 29.6. The number of aromatic hydroxyl groups is 1. The predicted octanol–water partition coefficient (Wildman–Crippen LogP) is 4.63. The van der Waals surface area contributed by atoms with Gasteiger partial charge in [0.25, 0.3) is 5.91 Å². The number of morpholine rings is 1. The highest BCUT2D eigenvalue weighted by molar-refractivity contribution is 7.20. The number of carbonyl (C=O) groups is 1. The van der Waals surface area contributed by atoms with Crippen molar-refractivity contribution in [3.63, 3.8) is 0 Å². The number of hydrogen-bond donors (Lipinski definition) is 1. The summed E-state index contributed by atoms with van der Waals surface area (Å²) in [6, 6.07) is 12.4. The molecule has 0 radical (unpaired) electrons. The molecule has 4 aliphatic rings. The van der Waals surface area contributed by atoms with E-state index < -0.39 is 47.1 Å². The Bertz CT molecular complexity index is 1880. The lowest BCUT2D eigenvalue weighted by molar-refractivity contribution is -0.0196. The lowest BCUT2D eigenvalue weighted by Crippen LogP contribution is -2.66.